The molecule has 0 aliphatic rings. The van der Waals surface area contributed by atoms with Gasteiger partial charge in [0.05, 0.1) is 5.52 Å². The number of benzene rings is 1. The standard InChI is InChI=1S/C12H13ClFN3O/c1-7(15-2)6-17-11(18)10-8(14)4-3-5-9(10)16-12(17)13/h3-5,7,15H,6H2,1-2H3. The SMILES string of the molecule is CNC(C)Cn1c(Cl)nc2cccc(F)c2c1=O. The van der Waals surface area contributed by atoms with Crippen LogP contribution in [-0.2, 0) is 6.54 Å². The Labute approximate surface area is 108 Å². The van der Waals surface area contributed by atoms with Crippen molar-refractivity contribution >= 4 is 22.5 Å². The lowest BCUT2D eigenvalue weighted by Gasteiger charge is -2.14. The van der Waals surface area contributed by atoms with E-state index in [1.54, 1.807) is 13.1 Å². The van der Waals surface area contributed by atoms with Gasteiger partial charge in [-0.25, -0.2) is 9.37 Å². The molecule has 1 aromatic heterocycles. The fourth-order valence-electron chi connectivity index (χ4n) is 1.72. The first-order valence-corrected chi connectivity index (χ1v) is 5.94. The molecule has 1 N–H and O–H groups in total. The molecule has 1 aromatic carbocycles. The highest BCUT2D eigenvalue weighted by Gasteiger charge is 2.14. The Morgan fingerprint density at radius 3 is 2.94 bits per heavy atom. The Kier molecular flexibility index (Phi) is 3.63. The Balaban J connectivity index is 2.68. The van der Waals surface area contributed by atoms with Crippen molar-refractivity contribution in [1.29, 1.82) is 0 Å². The van der Waals surface area contributed by atoms with Crippen molar-refractivity contribution in [2.24, 2.45) is 0 Å². The van der Waals surface area contributed by atoms with Gasteiger partial charge in [0.25, 0.3) is 5.56 Å². The fourth-order valence-corrected chi connectivity index (χ4v) is 1.96. The molecular formula is C12H13ClFN3O. The molecule has 0 aliphatic carbocycles. The van der Waals surface area contributed by atoms with Gasteiger partial charge in [-0.2, -0.15) is 0 Å². The normalized spacial score (nSPS) is 12.9. The highest BCUT2D eigenvalue weighted by molar-refractivity contribution is 6.28. The summed E-state index contributed by atoms with van der Waals surface area (Å²) >= 11 is 5.96. The summed E-state index contributed by atoms with van der Waals surface area (Å²) in [5, 5.41) is 3.04. The molecule has 2 rings (SSSR count). The van der Waals surface area contributed by atoms with Gasteiger partial charge in [0.2, 0.25) is 5.28 Å². The maximum Gasteiger partial charge on any atom is 0.265 e. The van der Waals surface area contributed by atoms with Crippen molar-refractivity contribution in [2.75, 3.05) is 7.05 Å². The zero-order valence-electron chi connectivity index (χ0n) is 10.1. The summed E-state index contributed by atoms with van der Waals surface area (Å²) in [5.41, 5.74) is -0.177. The third kappa shape index (κ3) is 2.23. The van der Waals surface area contributed by atoms with E-state index in [0.29, 0.717) is 6.54 Å². The number of nitrogens with one attached hydrogen (secondary N) is 1. The van der Waals surface area contributed by atoms with Crippen molar-refractivity contribution in [3.63, 3.8) is 0 Å². The maximum absolute atomic E-state index is 13.7. The molecule has 1 unspecified atom stereocenters. The van der Waals surface area contributed by atoms with E-state index in [1.807, 2.05) is 6.92 Å². The van der Waals surface area contributed by atoms with Crippen molar-refractivity contribution in [3.05, 3.63) is 39.7 Å². The Bertz CT molecular complexity index is 641. The van der Waals surface area contributed by atoms with Crippen LogP contribution >= 0.6 is 11.6 Å². The molecule has 96 valence electrons. The monoisotopic (exact) mass is 269 g/mol. The first-order chi connectivity index (χ1) is 8.54. The lowest BCUT2D eigenvalue weighted by molar-refractivity contribution is 0.502. The van der Waals surface area contributed by atoms with E-state index in [9.17, 15) is 9.18 Å². The summed E-state index contributed by atoms with van der Waals surface area (Å²) in [6.07, 6.45) is 0. The fraction of sp³-hybridized carbons (Fsp3) is 0.333. The average molecular weight is 270 g/mol. The number of likely N-dealkylation sites (N-methyl/N-ethyl adjacent to an activating group) is 1. The number of halogens is 2. The molecule has 6 heteroatoms. The first kappa shape index (κ1) is 13.0. The topological polar surface area (TPSA) is 46.9 Å². The quantitative estimate of drug-likeness (QED) is 0.865. The lowest BCUT2D eigenvalue weighted by atomic mass is 10.2. The average Bonchev–Trinajstić information content (AvgIpc) is 2.33. The second-order valence-corrected chi connectivity index (χ2v) is 4.46. The molecule has 1 atom stereocenters. The zero-order chi connectivity index (χ0) is 13.3. The third-order valence-electron chi connectivity index (χ3n) is 2.84. The van der Waals surface area contributed by atoms with Crippen molar-refractivity contribution in [2.45, 2.75) is 19.5 Å². The largest absolute Gasteiger partial charge is 0.315 e. The number of hydrogen-bond acceptors (Lipinski definition) is 3. The van der Waals surface area contributed by atoms with Crippen LogP contribution in [0.4, 0.5) is 4.39 Å². The van der Waals surface area contributed by atoms with Gasteiger partial charge in [-0.15, -0.1) is 0 Å². The van der Waals surface area contributed by atoms with Gasteiger partial charge >= 0.3 is 0 Å². The van der Waals surface area contributed by atoms with Crippen LogP contribution in [0.3, 0.4) is 0 Å². The van der Waals surface area contributed by atoms with Crippen LogP contribution in [0.25, 0.3) is 10.9 Å². The predicted octanol–water partition coefficient (Wildman–Crippen LogP) is 1.80. The summed E-state index contributed by atoms with van der Waals surface area (Å²) in [7, 11) is 1.78. The van der Waals surface area contributed by atoms with Gasteiger partial charge in [-0.3, -0.25) is 9.36 Å². The van der Waals surface area contributed by atoms with E-state index >= 15 is 0 Å². The summed E-state index contributed by atoms with van der Waals surface area (Å²) in [6.45, 7) is 2.24. The maximum atomic E-state index is 13.7. The number of fused-ring (bicyclic) bond motifs is 1. The Morgan fingerprint density at radius 2 is 2.28 bits per heavy atom. The number of hydrogen-bond donors (Lipinski definition) is 1. The van der Waals surface area contributed by atoms with Gasteiger partial charge in [0, 0.05) is 12.6 Å². The van der Waals surface area contributed by atoms with Crippen LogP contribution in [0.5, 0.6) is 0 Å². The molecular weight excluding hydrogens is 257 g/mol. The third-order valence-corrected chi connectivity index (χ3v) is 3.12. The molecule has 0 fully saturated rings. The second-order valence-electron chi connectivity index (χ2n) is 4.12. The molecule has 2 aromatic rings. The van der Waals surface area contributed by atoms with Crippen LogP contribution in [-0.4, -0.2) is 22.6 Å². The number of nitrogens with zero attached hydrogens (tertiary/aromatic N) is 2. The Hall–Kier alpha value is -1.46. The van der Waals surface area contributed by atoms with Crippen molar-refractivity contribution < 1.29 is 4.39 Å². The van der Waals surface area contributed by atoms with Crippen LogP contribution in [0.1, 0.15) is 6.92 Å². The van der Waals surface area contributed by atoms with Crippen molar-refractivity contribution in [3.8, 4) is 0 Å². The summed E-state index contributed by atoms with van der Waals surface area (Å²) in [6, 6.07) is 4.34. The summed E-state index contributed by atoms with van der Waals surface area (Å²) in [4.78, 5) is 16.2. The molecule has 0 radical (unpaired) electrons. The summed E-state index contributed by atoms with van der Waals surface area (Å²) < 4.78 is 14.9. The van der Waals surface area contributed by atoms with E-state index in [-0.39, 0.29) is 22.2 Å². The van der Waals surface area contributed by atoms with Crippen LogP contribution < -0.4 is 10.9 Å². The molecule has 0 saturated carbocycles. The Morgan fingerprint density at radius 1 is 1.56 bits per heavy atom. The van der Waals surface area contributed by atoms with E-state index < -0.39 is 11.4 Å². The van der Waals surface area contributed by atoms with Gasteiger partial charge < -0.3 is 5.32 Å². The van der Waals surface area contributed by atoms with Gasteiger partial charge in [-0.05, 0) is 37.7 Å². The van der Waals surface area contributed by atoms with E-state index in [4.69, 9.17) is 11.6 Å². The molecule has 0 amide bonds. The zero-order valence-corrected chi connectivity index (χ0v) is 10.8. The van der Waals surface area contributed by atoms with Crippen molar-refractivity contribution in [1.82, 2.24) is 14.9 Å². The van der Waals surface area contributed by atoms with Crippen LogP contribution in [0.2, 0.25) is 5.28 Å². The second kappa shape index (κ2) is 5.04. The lowest BCUT2D eigenvalue weighted by Crippen LogP contribution is -2.33. The highest BCUT2D eigenvalue weighted by Crippen LogP contribution is 2.14. The minimum absolute atomic E-state index is 0.0230. The molecule has 1 heterocycles. The summed E-state index contributed by atoms with van der Waals surface area (Å²) in [5.74, 6) is -0.576. The highest BCUT2D eigenvalue weighted by atomic mass is 35.5. The van der Waals surface area contributed by atoms with Crippen LogP contribution in [0, 0.1) is 5.82 Å². The predicted molar refractivity (Wildman–Crippen MR) is 69.5 cm³/mol. The van der Waals surface area contributed by atoms with E-state index in [0.717, 1.165) is 0 Å². The number of aromatic nitrogens is 2. The molecule has 0 spiro atoms. The van der Waals surface area contributed by atoms with Gasteiger partial charge in [0.15, 0.2) is 0 Å². The minimum Gasteiger partial charge on any atom is -0.315 e. The molecule has 0 bridgehead atoms. The van der Waals surface area contributed by atoms with Gasteiger partial charge in [-0.1, -0.05) is 6.07 Å². The smallest absolute Gasteiger partial charge is 0.265 e. The number of rotatable bonds is 3. The molecule has 0 saturated heterocycles. The minimum atomic E-state index is -0.576. The van der Waals surface area contributed by atoms with E-state index in [2.05, 4.69) is 10.3 Å². The van der Waals surface area contributed by atoms with Gasteiger partial charge in [0.1, 0.15) is 11.2 Å². The van der Waals surface area contributed by atoms with E-state index in [1.165, 1.54) is 16.7 Å². The molecule has 0 aliphatic heterocycles. The first-order valence-electron chi connectivity index (χ1n) is 5.56. The molecule has 4 nitrogen and oxygen atoms in total. The van der Waals surface area contributed by atoms with Crippen LogP contribution in [0.15, 0.2) is 23.0 Å². The molecule has 18 heavy (non-hydrogen) atoms.